The number of alkyl halides is 3. The van der Waals surface area contributed by atoms with Gasteiger partial charge in [0, 0.05) is 57.9 Å². The highest BCUT2D eigenvalue weighted by atomic mass is 19.4. The first-order valence-corrected chi connectivity index (χ1v) is 9.93. The van der Waals surface area contributed by atoms with Crippen molar-refractivity contribution in [2.75, 3.05) is 39.4 Å². The van der Waals surface area contributed by atoms with Gasteiger partial charge in [0.2, 0.25) is 0 Å². The number of carboxylic acid groups (broad SMARTS) is 1. The zero-order chi connectivity index (χ0) is 21.7. The monoisotopic (exact) mass is 433 g/mol. The topological polar surface area (TPSA) is 99.9 Å². The molecule has 1 aromatic heterocycles. The molecule has 9 nitrogen and oxygen atoms in total. The van der Waals surface area contributed by atoms with E-state index in [0.29, 0.717) is 6.04 Å². The summed E-state index contributed by atoms with van der Waals surface area (Å²) >= 11 is 0. The van der Waals surface area contributed by atoms with Crippen molar-refractivity contribution in [1.82, 2.24) is 24.7 Å². The van der Waals surface area contributed by atoms with Crippen LogP contribution in [0.5, 0.6) is 0 Å². The number of aromatic nitrogens is 2. The molecule has 3 aliphatic rings. The fourth-order valence-corrected chi connectivity index (χ4v) is 3.31. The number of carbonyl (C=O) groups excluding carboxylic acids is 1. The molecule has 4 rings (SSSR count). The Labute approximate surface area is 171 Å². The van der Waals surface area contributed by atoms with E-state index in [9.17, 15) is 18.0 Å². The minimum absolute atomic E-state index is 0.0907. The van der Waals surface area contributed by atoms with Gasteiger partial charge in [-0.3, -0.25) is 4.90 Å². The van der Waals surface area contributed by atoms with E-state index in [1.165, 1.54) is 5.69 Å². The average Bonchev–Trinajstić information content (AvgIpc) is 3.47. The van der Waals surface area contributed by atoms with Gasteiger partial charge in [0.15, 0.2) is 0 Å². The molecule has 12 heteroatoms. The first kappa shape index (κ1) is 22.3. The van der Waals surface area contributed by atoms with Crippen LogP contribution in [0, 0.1) is 0 Å². The third kappa shape index (κ3) is 6.33. The van der Waals surface area contributed by atoms with Gasteiger partial charge in [0.25, 0.3) is 0 Å². The second kappa shape index (κ2) is 9.65. The van der Waals surface area contributed by atoms with Gasteiger partial charge >= 0.3 is 18.2 Å². The van der Waals surface area contributed by atoms with Gasteiger partial charge in [-0.25, -0.2) is 14.6 Å². The molecule has 0 radical (unpaired) electrons. The summed E-state index contributed by atoms with van der Waals surface area (Å²) in [4.78, 5) is 30.1. The Hall–Kier alpha value is -2.34. The maximum atomic E-state index is 12.2. The van der Waals surface area contributed by atoms with E-state index < -0.39 is 12.1 Å². The second-order valence-corrected chi connectivity index (χ2v) is 7.47. The van der Waals surface area contributed by atoms with Crippen LogP contribution in [0.3, 0.4) is 0 Å². The molecule has 0 bridgehead atoms. The normalized spacial score (nSPS) is 19.9. The van der Waals surface area contributed by atoms with Crippen molar-refractivity contribution < 1.29 is 32.6 Å². The van der Waals surface area contributed by atoms with E-state index in [1.807, 2.05) is 11.1 Å². The molecule has 1 saturated carbocycles. The number of hydrogen-bond acceptors (Lipinski definition) is 5. The molecule has 2 N–H and O–H groups in total. The number of morpholine rings is 1. The number of fused-ring (bicyclic) bond motifs is 1. The maximum Gasteiger partial charge on any atom is 0.490 e. The number of carboxylic acids is 1. The van der Waals surface area contributed by atoms with Crippen molar-refractivity contribution in [2.24, 2.45) is 0 Å². The minimum atomic E-state index is -5.08. The molecular formula is C18H26F3N5O4. The predicted molar refractivity (Wildman–Crippen MR) is 98.8 cm³/mol. The zero-order valence-electron chi connectivity index (χ0n) is 16.5. The summed E-state index contributed by atoms with van der Waals surface area (Å²) in [6.07, 6.45) is 0.0155. The Kier molecular flexibility index (Phi) is 7.19. The number of nitrogens with one attached hydrogen (secondary N) is 1. The lowest BCUT2D eigenvalue weighted by atomic mass is 10.3. The van der Waals surface area contributed by atoms with Gasteiger partial charge in [-0.05, 0) is 12.8 Å². The number of rotatable bonds is 3. The van der Waals surface area contributed by atoms with Crippen molar-refractivity contribution in [3.8, 4) is 0 Å². The number of carbonyl (C=O) groups is 2. The molecule has 2 aliphatic heterocycles. The fraction of sp³-hybridized carbons (Fsp3) is 0.722. The van der Waals surface area contributed by atoms with Crippen molar-refractivity contribution in [1.29, 1.82) is 0 Å². The van der Waals surface area contributed by atoms with Crippen molar-refractivity contribution in [2.45, 2.75) is 44.6 Å². The van der Waals surface area contributed by atoms with Crippen molar-refractivity contribution in [3.63, 3.8) is 0 Å². The summed E-state index contributed by atoms with van der Waals surface area (Å²) < 4.78 is 39.5. The second-order valence-electron chi connectivity index (χ2n) is 7.47. The minimum Gasteiger partial charge on any atom is -0.475 e. The van der Waals surface area contributed by atoms with Crippen LogP contribution < -0.4 is 5.32 Å². The molecule has 1 aromatic rings. The quantitative estimate of drug-likeness (QED) is 0.740. The van der Waals surface area contributed by atoms with Crippen molar-refractivity contribution in [3.05, 3.63) is 17.7 Å². The number of urea groups is 1. The number of halogens is 3. The standard InChI is InChI=1S/C16H25N5O2.C2HF3O2/c22-16(18-13-1-2-13)20-4-3-15-17-11-14(21(15)6-5-20)12-19-7-9-23-10-8-19;3-2(4,5)1(6)7/h11,13H,1-10,12H2,(H,18,22);(H,6,7). The van der Waals surface area contributed by atoms with Crippen molar-refractivity contribution >= 4 is 12.0 Å². The Bertz CT molecular complexity index is 745. The lowest BCUT2D eigenvalue weighted by Gasteiger charge is -2.27. The molecule has 1 saturated heterocycles. The van der Waals surface area contributed by atoms with Crippen LogP contribution in [0.4, 0.5) is 18.0 Å². The summed E-state index contributed by atoms with van der Waals surface area (Å²) in [7, 11) is 0. The Morgan fingerprint density at radius 3 is 2.43 bits per heavy atom. The molecule has 2 fully saturated rings. The van der Waals surface area contributed by atoms with Gasteiger partial charge in [0.1, 0.15) is 5.82 Å². The van der Waals surface area contributed by atoms with Crippen LogP contribution in [0.1, 0.15) is 24.4 Å². The first-order valence-electron chi connectivity index (χ1n) is 9.93. The number of amides is 2. The first-order chi connectivity index (χ1) is 14.2. The van der Waals surface area contributed by atoms with E-state index in [-0.39, 0.29) is 6.03 Å². The summed E-state index contributed by atoms with van der Waals surface area (Å²) in [5.41, 5.74) is 1.26. The summed E-state index contributed by atoms with van der Waals surface area (Å²) in [6, 6.07) is 0.507. The van der Waals surface area contributed by atoms with Crippen LogP contribution in [0.2, 0.25) is 0 Å². The van der Waals surface area contributed by atoms with E-state index in [0.717, 1.165) is 77.6 Å². The largest absolute Gasteiger partial charge is 0.490 e. The molecule has 30 heavy (non-hydrogen) atoms. The van der Waals surface area contributed by atoms with Gasteiger partial charge in [0.05, 0.1) is 18.9 Å². The SMILES string of the molecule is O=C(NC1CC1)N1CCc2ncc(CN3CCOCC3)n2CC1.O=C(O)C(F)(F)F. The third-order valence-corrected chi connectivity index (χ3v) is 5.14. The molecule has 0 aromatic carbocycles. The molecule has 2 amide bonds. The molecule has 0 atom stereocenters. The van der Waals surface area contributed by atoms with Crippen LogP contribution >= 0.6 is 0 Å². The summed E-state index contributed by atoms with van der Waals surface area (Å²) in [5, 5.41) is 10.2. The average molecular weight is 433 g/mol. The highest BCUT2D eigenvalue weighted by Crippen LogP contribution is 2.20. The van der Waals surface area contributed by atoms with Gasteiger partial charge < -0.3 is 24.6 Å². The van der Waals surface area contributed by atoms with Crippen LogP contribution in [-0.2, 0) is 29.0 Å². The molecule has 0 spiro atoms. The van der Waals surface area contributed by atoms with Crippen LogP contribution in [-0.4, -0.2) is 88.1 Å². The van der Waals surface area contributed by atoms with Crippen LogP contribution in [0.25, 0.3) is 0 Å². The lowest BCUT2D eigenvalue weighted by Crippen LogP contribution is -2.42. The molecule has 1 aliphatic carbocycles. The number of aliphatic carboxylic acids is 1. The molecule has 0 unspecified atom stereocenters. The lowest BCUT2D eigenvalue weighted by molar-refractivity contribution is -0.192. The van der Waals surface area contributed by atoms with E-state index >= 15 is 0 Å². The van der Waals surface area contributed by atoms with Gasteiger partial charge in [-0.1, -0.05) is 0 Å². The van der Waals surface area contributed by atoms with E-state index in [1.54, 1.807) is 0 Å². The third-order valence-electron chi connectivity index (χ3n) is 5.14. The van der Waals surface area contributed by atoms with E-state index in [2.05, 4.69) is 19.8 Å². The Balaban J connectivity index is 0.000000318. The predicted octanol–water partition coefficient (Wildman–Crippen LogP) is 1.08. The fourth-order valence-electron chi connectivity index (χ4n) is 3.31. The zero-order valence-corrected chi connectivity index (χ0v) is 16.5. The van der Waals surface area contributed by atoms with Crippen LogP contribution in [0.15, 0.2) is 6.20 Å². The molecule has 168 valence electrons. The summed E-state index contributed by atoms with van der Waals surface area (Å²) in [6.45, 7) is 6.88. The van der Waals surface area contributed by atoms with E-state index in [4.69, 9.17) is 14.6 Å². The maximum absolute atomic E-state index is 12.2. The molecular weight excluding hydrogens is 407 g/mol. The van der Waals surface area contributed by atoms with Gasteiger partial charge in [-0.2, -0.15) is 13.2 Å². The Morgan fingerprint density at radius 2 is 1.83 bits per heavy atom. The molecule has 3 heterocycles. The number of imidazole rings is 1. The summed E-state index contributed by atoms with van der Waals surface area (Å²) in [5.74, 6) is -1.65. The Morgan fingerprint density at radius 1 is 1.17 bits per heavy atom. The number of hydrogen-bond donors (Lipinski definition) is 2. The number of ether oxygens (including phenoxy) is 1. The number of nitrogens with zero attached hydrogens (tertiary/aromatic N) is 4. The highest BCUT2D eigenvalue weighted by molar-refractivity contribution is 5.75. The highest BCUT2D eigenvalue weighted by Gasteiger charge is 2.38. The van der Waals surface area contributed by atoms with Gasteiger partial charge in [-0.15, -0.1) is 0 Å². The smallest absolute Gasteiger partial charge is 0.475 e.